The molecular formula is C11H15F2Si. The van der Waals surface area contributed by atoms with Crippen LogP contribution >= 0.6 is 0 Å². The molecule has 0 N–H and O–H groups in total. The molecule has 0 fully saturated rings. The Hall–Kier alpha value is -0.703. The van der Waals surface area contributed by atoms with Gasteiger partial charge in [-0.25, -0.2) is 0 Å². The van der Waals surface area contributed by atoms with Gasteiger partial charge in [-0.15, -0.1) is 0 Å². The fourth-order valence-corrected chi connectivity index (χ4v) is 2.01. The Morgan fingerprint density at radius 1 is 1.21 bits per heavy atom. The molecule has 0 nitrogen and oxygen atoms in total. The third kappa shape index (κ3) is 3.22. The summed E-state index contributed by atoms with van der Waals surface area (Å²) in [5.41, 5.74) is 2.29. The number of halogens is 2. The van der Waals surface area contributed by atoms with Crippen LogP contribution in [0.25, 0.3) is 0 Å². The lowest BCUT2D eigenvalue weighted by Crippen LogP contribution is -2.01. The molecule has 0 unspecified atom stereocenters. The van der Waals surface area contributed by atoms with Gasteiger partial charge in [0.15, 0.2) is 0 Å². The monoisotopic (exact) mass is 213 g/mol. The van der Waals surface area contributed by atoms with Crippen molar-refractivity contribution < 1.29 is 8.22 Å². The van der Waals surface area contributed by atoms with E-state index in [-0.39, 0.29) is 6.04 Å². The van der Waals surface area contributed by atoms with E-state index in [0.29, 0.717) is 12.3 Å². The first-order valence-electron chi connectivity index (χ1n) is 4.86. The molecule has 1 aromatic carbocycles. The first-order chi connectivity index (χ1) is 6.61. The molecule has 77 valence electrons. The van der Waals surface area contributed by atoms with Crippen LogP contribution in [-0.2, 0) is 6.42 Å². The normalized spacial score (nSPS) is 11.3. The Morgan fingerprint density at radius 2 is 1.86 bits per heavy atom. The quantitative estimate of drug-likeness (QED) is 0.527. The molecule has 0 saturated heterocycles. The van der Waals surface area contributed by atoms with Crippen molar-refractivity contribution in [3.05, 3.63) is 35.4 Å². The van der Waals surface area contributed by atoms with Gasteiger partial charge in [-0.05, 0) is 23.5 Å². The summed E-state index contributed by atoms with van der Waals surface area (Å²) >= 11 is 0. The maximum atomic E-state index is 12.2. The molecule has 0 aromatic heterocycles. The second kappa shape index (κ2) is 5.25. The average molecular weight is 213 g/mol. The lowest BCUT2D eigenvalue weighted by Gasteiger charge is -2.11. The van der Waals surface area contributed by atoms with E-state index in [1.54, 1.807) is 0 Å². The van der Waals surface area contributed by atoms with Crippen LogP contribution < -0.4 is 0 Å². The van der Waals surface area contributed by atoms with E-state index in [1.807, 2.05) is 24.3 Å². The number of benzene rings is 1. The minimum Gasteiger partial charge on any atom is -0.268 e. The van der Waals surface area contributed by atoms with Gasteiger partial charge in [0.05, 0.1) is 0 Å². The van der Waals surface area contributed by atoms with Crippen LogP contribution in [0.5, 0.6) is 0 Å². The van der Waals surface area contributed by atoms with E-state index >= 15 is 0 Å². The summed E-state index contributed by atoms with van der Waals surface area (Å²) in [6.07, 6.45) is 0.523. The minimum absolute atomic E-state index is 0.0639. The van der Waals surface area contributed by atoms with Gasteiger partial charge in [-0.2, -0.15) is 0 Å². The Bertz CT molecular complexity index is 284. The summed E-state index contributed by atoms with van der Waals surface area (Å²) in [6, 6.07) is 7.94. The largest absolute Gasteiger partial charge is 0.477 e. The smallest absolute Gasteiger partial charge is 0.268 e. The van der Waals surface area contributed by atoms with Crippen molar-refractivity contribution in [2.24, 2.45) is 0 Å². The first kappa shape index (κ1) is 11.4. The van der Waals surface area contributed by atoms with Crippen LogP contribution in [-0.4, -0.2) is 9.46 Å². The molecule has 3 heteroatoms. The van der Waals surface area contributed by atoms with Gasteiger partial charge >= 0.3 is 9.46 Å². The summed E-state index contributed by atoms with van der Waals surface area (Å²) in [5, 5.41) is 0. The third-order valence-electron chi connectivity index (χ3n) is 2.26. The van der Waals surface area contributed by atoms with Crippen molar-refractivity contribution in [1.82, 2.24) is 0 Å². The molecule has 0 amide bonds. The zero-order valence-corrected chi connectivity index (χ0v) is 9.56. The second-order valence-corrected chi connectivity index (χ2v) is 4.87. The van der Waals surface area contributed by atoms with Crippen LogP contribution in [0.1, 0.15) is 30.9 Å². The third-order valence-corrected chi connectivity index (χ3v) is 2.89. The molecule has 0 heterocycles. The molecule has 0 aliphatic carbocycles. The number of rotatable bonds is 4. The average Bonchev–Trinajstić information content (AvgIpc) is 2.15. The van der Waals surface area contributed by atoms with Crippen molar-refractivity contribution >= 4 is 9.46 Å². The Morgan fingerprint density at radius 3 is 2.43 bits per heavy atom. The molecular weight excluding hydrogens is 198 g/mol. The fourth-order valence-electron chi connectivity index (χ4n) is 1.55. The second-order valence-electron chi connectivity index (χ2n) is 3.69. The van der Waals surface area contributed by atoms with Gasteiger partial charge in [0.25, 0.3) is 0 Å². The van der Waals surface area contributed by atoms with Gasteiger partial charge in [0, 0.05) is 6.04 Å². The highest BCUT2D eigenvalue weighted by atomic mass is 28.4. The highest BCUT2D eigenvalue weighted by molar-refractivity contribution is 6.42. The predicted molar refractivity (Wildman–Crippen MR) is 57.0 cm³/mol. The van der Waals surface area contributed by atoms with E-state index in [9.17, 15) is 8.22 Å². The van der Waals surface area contributed by atoms with Crippen molar-refractivity contribution in [2.45, 2.75) is 32.2 Å². The summed E-state index contributed by atoms with van der Waals surface area (Å²) in [5.74, 6) is 0.418. The first-order valence-corrected chi connectivity index (χ1v) is 6.32. The SMILES string of the molecule is CC(C)c1ccccc1CC[Si](F)F. The molecule has 0 bridgehead atoms. The van der Waals surface area contributed by atoms with Gasteiger partial charge < -0.3 is 0 Å². The molecule has 1 aromatic rings. The summed E-state index contributed by atoms with van der Waals surface area (Å²) in [7, 11) is -3.07. The Balaban J connectivity index is 2.74. The predicted octanol–water partition coefficient (Wildman–Crippen LogP) is 3.78. The molecule has 0 aliphatic heterocycles. The summed E-state index contributed by atoms with van der Waals surface area (Å²) in [6.45, 7) is 4.19. The topological polar surface area (TPSA) is 0 Å². The number of aryl methyl sites for hydroxylation is 1. The fraction of sp³-hybridized carbons (Fsp3) is 0.455. The Labute approximate surface area is 85.9 Å². The van der Waals surface area contributed by atoms with E-state index in [4.69, 9.17) is 0 Å². The molecule has 0 atom stereocenters. The number of hydrogen-bond donors (Lipinski definition) is 0. The van der Waals surface area contributed by atoms with Crippen molar-refractivity contribution in [3.63, 3.8) is 0 Å². The highest BCUT2D eigenvalue weighted by Gasteiger charge is 2.12. The molecule has 1 radical (unpaired) electrons. The number of hydrogen-bond acceptors (Lipinski definition) is 0. The zero-order chi connectivity index (χ0) is 10.6. The van der Waals surface area contributed by atoms with Crippen LogP contribution in [0.15, 0.2) is 24.3 Å². The molecule has 14 heavy (non-hydrogen) atoms. The molecule has 0 saturated carbocycles. The maximum absolute atomic E-state index is 12.2. The van der Waals surface area contributed by atoms with Gasteiger partial charge in [-0.1, -0.05) is 38.1 Å². The van der Waals surface area contributed by atoms with E-state index < -0.39 is 9.46 Å². The molecule has 1 rings (SSSR count). The van der Waals surface area contributed by atoms with Gasteiger partial charge in [-0.3, -0.25) is 8.22 Å². The standard InChI is InChI=1S/C11H15F2Si/c1-9(2)11-6-4-3-5-10(11)7-8-14(12)13/h3-6,9H,7-8H2,1-2H3. The van der Waals surface area contributed by atoms with Crippen LogP contribution in [0.3, 0.4) is 0 Å². The molecule has 0 spiro atoms. The Kier molecular flexibility index (Phi) is 4.26. The van der Waals surface area contributed by atoms with E-state index in [0.717, 1.165) is 5.56 Å². The maximum Gasteiger partial charge on any atom is 0.477 e. The summed E-state index contributed by atoms with van der Waals surface area (Å²) < 4.78 is 24.3. The van der Waals surface area contributed by atoms with Crippen molar-refractivity contribution in [2.75, 3.05) is 0 Å². The van der Waals surface area contributed by atoms with Crippen LogP contribution in [0.4, 0.5) is 8.22 Å². The highest BCUT2D eigenvalue weighted by Crippen LogP contribution is 2.21. The van der Waals surface area contributed by atoms with Crippen LogP contribution in [0, 0.1) is 0 Å². The zero-order valence-electron chi connectivity index (χ0n) is 8.56. The lowest BCUT2D eigenvalue weighted by molar-refractivity contribution is 0.649. The van der Waals surface area contributed by atoms with Gasteiger partial charge in [0.2, 0.25) is 0 Å². The summed E-state index contributed by atoms with van der Waals surface area (Å²) in [4.78, 5) is 0. The van der Waals surface area contributed by atoms with E-state index in [1.165, 1.54) is 5.56 Å². The molecule has 0 aliphatic rings. The lowest BCUT2D eigenvalue weighted by atomic mass is 9.96. The van der Waals surface area contributed by atoms with Crippen LogP contribution in [0.2, 0.25) is 6.04 Å². The van der Waals surface area contributed by atoms with E-state index in [2.05, 4.69) is 13.8 Å². The van der Waals surface area contributed by atoms with Gasteiger partial charge in [0.1, 0.15) is 0 Å². The van der Waals surface area contributed by atoms with Crippen molar-refractivity contribution in [3.8, 4) is 0 Å². The van der Waals surface area contributed by atoms with Crippen molar-refractivity contribution in [1.29, 1.82) is 0 Å². The minimum atomic E-state index is -3.07.